The Balaban J connectivity index is 0.00000420. The molecule has 166 valence electrons. The molecule has 0 aliphatic carbocycles. The third-order valence-electron chi connectivity index (χ3n) is 5.13. The summed E-state index contributed by atoms with van der Waals surface area (Å²) in [5.74, 6) is 2.95. The van der Waals surface area contributed by atoms with E-state index in [9.17, 15) is 0 Å². The van der Waals surface area contributed by atoms with Crippen LogP contribution in [0.15, 0.2) is 23.2 Å². The third-order valence-corrected chi connectivity index (χ3v) is 6.07. The van der Waals surface area contributed by atoms with Gasteiger partial charge in [-0.25, -0.2) is 0 Å². The number of benzene rings is 1. The molecule has 1 aromatic rings. The molecule has 0 unspecified atom stereocenters. The fraction of sp³-hybridized carbons (Fsp3) is 0.667. The van der Waals surface area contributed by atoms with Gasteiger partial charge in [-0.3, -0.25) is 4.99 Å². The fourth-order valence-corrected chi connectivity index (χ4v) is 4.18. The average molecular weight is 556 g/mol. The molecule has 0 aromatic heterocycles. The summed E-state index contributed by atoms with van der Waals surface area (Å²) in [6.45, 7) is 5.99. The van der Waals surface area contributed by atoms with Gasteiger partial charge in [0.1, 0.15) is 5.75 Å². The summed E-state index contributed by atoms with van der Waals surface area (Å²) in [6, 6.07) is 5.86. The second-order valence-electron chi connectivity index (χ2n) is 7.06. The monoisotopic (exact) mass is 555 g/mol. The number of thioether (sulfide) groups is 1. The molecule has 0 amide bonds. The Hall–Kier alpha value is -0.380. The molecule has 0 spiro atoms. The van der Waals surface area contributed by atoms with Crippen molar-refractivity contribution in [3.63, 3.8) is 0 Å². The van der Waals surface area contributed by atoms with E-state index in [2.05, 4.69) is 23.8 Å². The SMILES string of the molecule is CCNC(=NCC1(c2cc(Cl)ccc2OC)CCOCC1)NCCCCSC.I. The first kappa shape index (κ1) is 26.7. The highest BCUT2D eigenvalue weighted by Crippen LogP contribution is 2.41. The van der Waals surface area contributed by atoms with Gasteiger partial charge in [-0.15, -0.1) is 24.0 Å². The largest absolute Gasteiger partial charge is 0.496 e. The average Bonchev–Trinajstić information content (AvgIpc) is 2.72. The van der Waals surface area contributed by atoms with Crippen LogP contribution in [-0.2, 0) is 10.2 Å². The van der Waals surface area contributed by atoms with Crippen molar-refractivity contribution in [2.45, 2.75) is 38.0 Å². The highest BCUT2D eigenvalue weighted by Gasteiger charge is 2.37. The Bertz CT molecular complexity index is 628. The normalized spacial score (nSPS) is 16.1. The van der Waals surface area contributed by atoms with Crippen LogP contribution in [0, 0.1) is 0 Å². The molecule has 0 radical (unpaired) electrons. The Morgan fingerprint density at radius 3 is 2.69 bits per heavy atom. The molecule has 1 fully saturated rings. The number of hydrogen-bond acceptors (Lipinski definition) is 4. The van der Waals surface area contributed by atoms with E-state index >= 15 is 0 Å². The maximum atomic E-state index is 6.33. The van der Waals surface area contributed by atoms with Crippen LogP contribution in [0.3, 0.4) is 0 Å². The summed E-state index contributed by atoms with van der Waals surface area (Å²) in [5.41, 5.74) is 1.00. The van der Waals surface area contributed by atoms with Gasteiger partial charge < -0.3 is 20.1 Å². The number of methoxy groups -OCH3 is 1. The van der Waals surface area contributed by atoms with Crippen molar-refractivity contribution in [2.75, 3.05) is 52.0 Å². The van der Waals surface area contributed by atoms with Crippen LogP contribution in [-0.4, -0.2) is 57.9 Å². The van der Waals surface area contributed by atoms with Gasteiger partial charge in [0.25, 0.3) is 0 Å². The summed E-state index contributed by atoms with van der Waals surface area (Å²) in [4.78, 5) is 4.94. The van der Waals surface area contributed by atoms with Crippen molar-refractivity contribution in [3.8, 4) is 5.75 Å². The van der Waals surface area contributed by atoms with Crippen LogP contribution < -0.4 is 15.4 Å². The van der Waals surface area contributed by atoms with Crippen LogP contribution in [0.5, 0.6) is 5.75 Å². The molecular weight excluding hydrogens is 521 g/mol. The molecule has 1 aliphatic heterocycles. The van der Waals surface area contributed by atoms with E-state index in [4.69, 9.17) is 26.1 Å². The minimum Gasteiger partial charge on any atom is -0.496 e. The van der Waals surface area contributed by atoms with Gasteiger partial charge >= 0.3 is 0 Å². The predicted octanol–water partition coefficient (Wildman–Crippen LogP) is 4.71. The first-order valence-electron chi connectivity index (χ1n) is 10.1. The summed E-state index contributed by atoms with van der Waals surface area (Å²) in [7, 11) is 1.71. The van der Waals surface area contributed by atoms with Crippen molar-refractivity contribution < 1.29 is 9.47 Å². The number of ether oxygens (including phenoxy) is 2. The zero-order valence-electron chi connectivity index (χ0n) is 17.8. The van der Waals surface area contributed by atoms with Gasteiger partial charge in [-0.1, -0.05) is 11.6 Å². The minimum atomic E-state index is -0.129. The number of unbranched alkanes of at least 4 members (excludes halogenated alkanes) is 1. The van der Waals surface area contributed by atoms with Crippen molar-refractivity contribution in [2.24, 2.45) is 4.99 Å². The van der Waals surface area contributed by atoms with Crippen LogP contribution >= 0.6 is 47.3 Å². The molecule has 1 aliphatic rings. The third kappa shape index (κ3) is 8.34. The topological polar surface area (TPSA) is 54.9 Å². The Labute approximate surface area is 202 Å². The highest BCUT2D eigenvalue weighted by molar-refractivity contribution is 14.0. The lowest BCUT2D eigenvalue weighted by Gasteiger charge is -2.37. The van der Waals surface area contributed by atoms with Gasteiger partial charge in [0.05, 0.1) is 13.7 Å². The maximum Gasteiger partial charge on any atom is 0.191 e. The smallest absolute Gasteiger partial charge is 0.191 e. The number of nitrogens with one attached hydrogen (secondary N) is 2. The Morgan fingerprint density at radius 1 is 1.28 bits per heavy atom. The van der Waals surface area contributed by atoms with Gasteiger partial charge in [0.15, 0.2) is 5.96 Å². The number of halogens is 2. The molecular formula is C21H35ClIN3O2S. The fourth-order valence-electron chi connectivity index (χ4n) is 3.52. The molecule has 29 heavy (non-hydrogen) atoms. The maximum absolute atomic E-state index is 6.33. The molecule has 2 rings (SSSR count). The van der Waals surface area contributed by atoms with Crippen molar-refractivity contribution in [1.82, 2.24) is 10.6 Å². The lowest BCUT2D eigenvalue weighted by atomic mass is 9.73. The zero-order chi connectivity index (χ0) is 20.2. The Morgan fingerprint density at radius 2 is 2.03 bits per heavy atom. The predicted molar refractivity (Wildman–Crippen MR) is 137 cm³/mol. The van der Waals surface area contributed by atoms with Gasteiger partial charge in [-0.05, 0) is 62.8 Å². The quantitative estimate of drug-likeness (QED) is 0.190. The number of aliphatic imine (C=N–C) groups is 1. The lowest BCUT2D eigenvalue weighted by molar-refractivity contribution is 0.0523. The second kappa shape index (κ2) is 14.6. The van der Waals surface area contributed by atoms with Gasteiger partial charge in [0, 0.05) is 42.3 Å². The first-order chi connectivity index (χ1) is 13.6. The molecule has 5 nitrogen and oxygen atoms in total. The first-order valence-corrected chi connectivity index (χ1v) is 11.9. The van der Waals surface area contributed by atoms with E-state index in [0.29, 0.717) is 6.54 Å². The summed E-state index contributed by atoms with van der Waals surface area (Å²) in [6.07, 6.45) is 6.32. The Kier molecular flexibility index (Phi) is 13.4. The number of nitrogens with zero attached hydrogens (tertiary/aromatic N) is 1. The van der Waals surface area contributed by atoms with E-state index in [1.165, 1.54) is 12.2 Å². The number of guanidine groups is 1. The number of hydrogen-bond donors (Lipinski definition) is 2. The van der Waals surface area contributed by atoms with Crippen molar-refractivity contribution in [3.05, 3.63) is 28.8 Å². The molecule has 0 bridgehead atoms. The summed E-state index contributed by atoms with van der Waals surface area (Å²) < 4.78 is 11.3. The van der Waals surface area contributed by atoms with E-state index < -0.39 is 0 Å². The van der Waals surface area contributed by atoms with Gasteiger partial charge in [0.2, 0.25) is 0 Å². The molecule has 8 heteroatoms. The van der Waals surface area contributed by atoms with Crippen LogP contribution in [0.4, 0.5) is 0 Å². The lowest BCUT2D eigenvalue weighted by Crippen LogP contribution is -2.41. The van der Waals surface area contributed by atoms with E-state index in [-0.39, 0.29) is 29.4 Å². The number of rotatable bonds is 10. The van der Waals surface area contributed by atoms with Crippen molar-refractivity contribution >= 4 is 53.3 Å². The van der Waals surface area contributed by atoms with E-state index in [1.807, 2.05) is 30.0 Å². The minimum absolute atomic E-state index is 0. The molecule has 0 atom stereocenters. The van der Waals surface area contributed by atoms with E-state index in [0.717, 1.165) is 67.9 Å². The molecule has 2 N–H and O–H groups in total. The molecule has 1 heterocycles. The molecule has 0 saturated carbocycles. The zero-order valence-corrected chi connectivity index (χ0v) is 21.7. The standard InChI is InChI=1S/C21H34ClN3O2S.HI/c1-4-23-20(24-11-5-6-14-28-3)25-16-21(9-12-27-13-10-21)18-15-17(22)7-8-19(18)26-2;/h7-8,15H,4-6,9-14,16H2,1-3H3,(H2,23,24,25);1H. The molecule has 1 aromatic carbocycles. The summed E-state index contributed by atoms with van der Waals surface area (Å²) >= 11 is 8.22. The van der Waals surface area contributed by atoms with Crippen LogP contribution in [0.25, 0.3) is 0 Å². The summed E-state index contributed by atoms with van der Waals surface area (Å²) in [5, 5.41) is 7.56. The van der Waals surface area contributed by atoms with Gasteiger partial charge in [-0.2, -0.15) is 11.8 Å². The highest BCUT2D eigenvalue weighted by atomic mass is 127. The molecule has 1 saturated heterocycles. The van der Waals surface area contributed by atoms with Crippen molar-refractivity contribution in [1.29, 1.82) is 0 Å². The van der Waals surface area contributed by atoms with E-state index in [1.54, 1.807) is 7.11 Å². The second-order valence-corrected chi connectivity index (χ2v) is 8.48. The van der Waals surface area contributed by atoms with Crippen LogP contribution in [0.2, 0.25) is 5.02 Å². The van der Waals surface area contributed by atoms with Crippen LogP contribution in [0.1, 0.15) is 38.2 Å².